The summed E-state index contributed by atoms with van der Waals surface area (Å²) in [4.78, 5) is 26.4. The Morgan fingerprint density at radius 1 is 0.675 bits per heavy atom. The molecule has 2 aromatic heterocycles. The summed E-state index contributed by atoms with van der Waals surface area (Å²) in [6.07, 6.45) is -10.9. The molecule has 2 rings (SSSR count). The number of aromatic nitrogens is 2. The van der Waals surface area contributed by atoms with Gasteiger partial charge in [-0.1, -0.05) is 0 Å². The number of carbonyl (C=O) groups is 2. The van der Waals surface area contributed by atoms with Crippen molar-refractivity contribution in [2.45, 2.75) is 33.1 Å². The molecule has 2 N–H and O–H groups in total. The summed E-state index contributed by atoms with van der Waals surface area (Å²) >= 11 is 0. The van der Waals surface area contributed by atoms with E-state index in [0.29, 0.717) is 0 Å². The monoisotopic (exact) mass is 647 g/mol. The number of ketones is 2. The maximum absolute atomic E-state index is 13.7. The molecule has 2 aromatic rings. The Morgan fingerprint density at radius 2 is 1.02 bits per heavy atom. The molecule has 19 heteroatoms. The van der Waals surface area contributed by atoms with E-state index in [1.807, 2.05) is 0 Å². The number of hydrogen-bond donors (Lipinski definition) is 2. The number of aliphatic hydroxyl groups is 2. The van der Waals surface area contributed by atoms with Crippen LogP contribution in [0.15, 0.2) is 12.0 Å². The number of pyridine rings is 2. The fraction of sp³-hybridized carbons (Fsp3) is 0.238. The predicted octanol–water partition coefficient (Wildman–Crippen LogP) is 6.40. The molecule has 225 valence electrons. The van der Waals surface area contributed by atoms with Crippen molar-refractivity contribution in [3.63, 3.8) is 0 Å². The molecular weight excluding hydrogens is 636 g/mol. The van der Waals surface area contributed by atoms with Gasteiger partial charge in [0.15, 0.2) is 46.2 Å². The molecule has 0 bridgehead atoms. The Labute approximate surface area is 225 Å². The van der Waals surface area contributed by atoms with Crippen molar-refractivity contribution in [1.82, 2.24) is 9.97 Å². The topological polar surface area (TPSA) is 100 Å². The van der Waals surface area contributed by atoms with Crippen molar-refractivity contribution >= 4 is 22.7 Å². The SMILES string of the molecule is CC(=O)/C(=C(/C)O)c1c(F)c(F)nc(C(F)(F)F)c1F.CC(=O)/C(=C\O)c1c(F)c(F)nc(C(F)(F)F)c1F.[Cu]. The first-order valence-corrected chi connectivity index (χ1v) is 9.59. The largest absolute Gasteiger partial charge is 0.515 e. The number of alkyl halides is 6. The van der Waals surface area contributed by atoms with Gasteiger partial charge in [-0.2, -0.15) is 35.1 Å². The zero-order valence-corrected chi connectivity index (χ0v) is 20.5. The summed E-state index contributed by atoms with van der Waals surface area (Å²) < 4.78 is 154. The number of allylic oxidation sites excluding steroid dienone is 3. The first kappa shape index (κ1) is 36.4. The van der Waals surface area contributed by atoms with E-state index in [1.54, 1.807) is 0 Å². The van der Waals surface area contributed by atoms with Gasteiger partial charge >= 0.3 is 12.4 Å². The van der Waals surface area contributed by atoms with Crippen LogP contribution < -0.4 is 0 Å². The molecular formula is C21H12CuF12N2O4. The van der Waals surface area contributed by atoms with Crippen molar-refractivity contribution in [2.24, 2.45) is 0 Å². The fourth-order valence-electron chi connectivity index (χ4n) is 2.80. The van der Waals surface area contributed by atoms with E-state index in [1.165, 1.54) is 0 Å². The number of aliphatic hydroxyl groups excluding tert-OH is 2. The maximum atomic E-state index is 13.7. The Morgan fingerprint density at radius 3 is 1.30 bits per heavy atom. The van der Waals surface area contributed by atoms with Crippen LogP contribution >= 0.6 is 0 Å². The molecule has 0 saturated heterocycles. The summed E-state index contributed by atoms with van der Waals surface area (Å²) in [5.74, 6) is -16.4. The van der Waals surface area contributed by atoms with Gasteiger partial charge in [-0.05, 0) is 20.8 Å². The van der Waals surface area contributed by atoms with Crippen molar-refractivity contribution in [3.05, 3.63) is 69.7 Å². The van der Waals surface area contributed by atoms with Gasteiger partial charge in [0.05, 0.1) is 28.5 Å². The molecule has 0 spiro atoms. The molecule has 2 heterocycles. The Kier molecular flexibility index (Phi) is 12.0. The molecule has 40 heavy (non-hydrogen) atoms. The van der Waals surface area contributed by atoms with Gasteiger partial charge in [0.1, 0.15) is 5.76 Å². The van der Waals surface area contributed by atoms with Crippen LogP contribution in [0.3, 0.4) is 0 Å². The molecule has 0 amide bonds. The fourth-order valence-corrected chi connectivity index (χ4v) is 2.80. The van der Waals surface area contributed by atoms with Crippen LogP contribution in [0, 0.1) is 35.2 Å². The summed E-state index contributed by atoms with van der Waals surface area (Å²) in [6, 6.07) is 0. The summed E-state index contributed by atoms with van der Waals surface area (Å²) in [5, 5.41) is 17.8. The van der Waals surface area contributed by atoms with E-state index in [0.717, 1.165) is 20.8 Å². The third-order valence-corrected chi connectivity index (χ3v) is 4.35. The van der Waals surface area contributed by atoms with E-state index in [2.05, 4.69) is 9.97 Å². The van der Waals surface area contributed by atoms with Crippen LogP contribution in [-0.4, -0.2) is 31.7 Å². The van der Waals surface area contributed by atoms with Crippen LogP contribution in [0.5, 0.6) is 0 Å². The first-order chi connectivity index (χ1) is 17.6. The summed E-state index contributed by atoms with van der Waals surface area (Å²) in [7, 11) is 0. The second-order valence-electron chi connectivity index (χ2n) is 7.12. The second-order valence-corrected chi connectivity index (χ2v) is 7.12. The Hall–Kier alpha value is -3.60. The minimum absolute atomic E-state index is 0. The quantitative estimate of drug-likeness (QED) is 0.131. The predicted molar refractivity (Wildman–Crippen MR) is 105 cm³/mol. The maximum Gasteiger partial charge on any atom is 0.436 e. The third-order valence-electron chi connectivity index (χ3n) is 4.35. The normalized spacial score (nSPS) is 12.6. The number of hydrogen-bond acceptors (Lipinski definition) is 6. The molecule has 0 aromatic carbocycles. The third kappa shape index (κ3) is 7.74. The number of Topliss-reactive ketones (excluding diaryl/α,β-unsaturated/α-hetero) is 2. The van der Waals surface area contributed by atoms with Crippen LogP contribution in [0.1, 0.15) is 43.3 Å². The first-order valence-electron chi connectivity index (χ1n) is 9.59. The average Bonchev–Trinajstić information content (AvgIpc) is 2.77. The number of rotatable bonds is 4. The molecule has 0 aliphatic heterocycles. The summed E-state index contributed by atoms with van der Waals surface area (Å²) in [5.41, 5.74) is -10.1. The van der Waals surface area contributed by atoms with Crippen molar-refractivity contribution in [1.29, 1.82) is 0 Å². The number of nitrogens with zero attached hydrogens (tertiary/aromatic N) is 2. The molecule has 0 atom stereocenters. The van der Waals surface area contributed by atoms with Crippen LogP contribution in [0.4, 0.5) is 52.7 Å². The molecule has 1 radical (unpaired) electrons. The van der Waals surface area contributed by atoms with Gasteiger partial charge in [0, 0.05) is 17.1 Å². The van der Waals surface area contributed by atoms with Crippen LogP contribution in [0.25, 0.3) is 11.1 Å². The molecule has 0 aliphatic carbocycles. The molecule has 0 aliphatic rings. The summed E-state index contributed by atoms with van der Waals surface area (Å²) in [6.45, 7) is 2.30. The van der Waals surface area contributed by atoms with E-state index in [-0.39, 0.29) is 23.3 Å². The standard InChI is InChI=1S/C11H7F6NO2.C10H5F6NO2.Cu/c1-3(19)5(4(2)20)6-7(12)9(11(15,16)17)18-10(14)8(6)13;1-3(19)4(2-18)5-6(11)8(10(14,15)16)17-9(13)7(5)12;/h19H,1-2H3;2,18H,1H3;/b5-3+;4-2+;. The Balaban J connectivity index is 0.000000743. The van der Waals surface area contributed by atoms with Crippen molar-refractivity contribution in [3.8, 4) is 0 Å². The van der Waals surface area contributed by atoms with Crippen LogP contribution in [-0.2, 0) is 39.0 Å². The van der Waals surface area contributed by atoms with E-state index >= 15 is 0 Å². The molecule has 0 saturated carbocycles. The van der Waals surface area contributed by atoms with Gasteiger partial charge in [-0.15, -0.1) is 0 Å². The smallest absolute Gasteiger partial charge is 0.436 e. The van der Waals surface area contributed by atoms with E-state index in [9.17, 15) is 67.4 Å². The van der Waals surface area contributed by atoms with Gasteiger partial charge in [-0.3, -0.25) is 9.59 Å². The van der Waals surface area contributed by atoms with Crippen molar-refractivity contribution in [2.75, 3.05) is 0 Å². The number of halogens is 12. The number of carbonyl (C=O) groups excluding carboxylic acids is 2. The van der Waals surface area contributed by atoms with E-state index in [4.69, 9.17) is 5.11 Å². The van der Waals surface area contributed by atoms with Crippen LogP contribution in [0.2, 0.25) is 0 Å². The van der Waals surface area contributed by atoms with Gasteiger partial charge in [0.2, 0.25) is 11.9 Å². The van der Waals surface area contributed by atoms with Crippen molar-refractivity contribution < 1.29 is 89.6 Å². The second kappa shape index (κ2) is 13.2. The van der Waals surface area contributed by atoms with Gasteiger partial charge < -0.3 is 10.2 Å². The minimum atomic E-state index is -5.39. The van der Waals surface area contributed by atoms with Gasteiger partial charge in [0.25, 0.3) is 0 Å². The molecule has 0 fully saturated rings. The minimum Gasteiger partial charge on any atom is -0.515 e. The Bertz CT molecular complexity index is 1380. The zero-order valence-electron chi connectivity index (χ0n) is 19.5. The van der Waals surface area contributed by atoms with Gasteiger partial charge in [-0.25, -0.2) is 27.5 Å². The zero-order chi connectivity index (χ0) is 30.8. The molecule has 0 unspecified atom stereocenters. The average molecular weight is 648 g/mol. The van der Waals surface area contributed by atoms with E-state index < -0.39 is 98.5 Å². The molecule has 6 nitrogen and oxygen atoms in total.